The van der Waals surface area contributed by atoms with Gasteiger partial charge in [0.15, 0.2) is 5.82 Å². The van der Waals surface area contributed by atoms with E-state index < -0.39 is 29.1 Å². The Morgan fingerprint density at radius 2 is 1.58 bits per heavy atom. The van der Waals surface area contributed by atoms with Crippen molar-refractivity contribution >= 4 is 12.0 Å². The van der Waals surface area contributed by atoms with Crippen molar-refractivity contribution in [2.24, 2.45) is 5.92 Å². The van der Waals surface area contributed by atoms with Crippen LogP contribution in [0, 0.1) is 5.92 Å². The lowest BCUT2D eigenvalue weighted by Gasteiger charge is -2.54. The molecule has 0 N–H and O–H groups in total. The fourth-order valence-electron chi connectivity index (χ4n) is 8.54. The van der Waals surface area contributed by atoms with E-state index in [1.54, 1.807) is 9.80 Å². The van der Waals surface area contributed by atoms with Crippen molar-refractivity contribution < 1.29 is 32.4 Å². The Labute approximate surface area is 278 Å². The Hall–Kier alpha value is -3.86. The lowest BCUT2D eigenvalue weighted by molar-refractivity contribution is -0.186. The van der Waals surface area contributed by atoms with E-state index in [9.17, 15) is 18.4 Å². The van der Waals surface area contributed by atoms with Gasteiger partial charge >= 0.3 is 6.09 Å². The predicted octanol–water partition coefficient (Wildman–Crippen LogP) is 6.67. The zero-order valence-electron chi connectivity index (χ0n) is 27.5. The van der Waals surface area contributed by atoms with E-state index in [-0.39, 0.29) is 43.1 Å². The van der Waals surface area contributed by atoms with Crippen LogP contribution in [0.2, 0.25) is 0 Å². The fourth-order valence-corrected chi connectivity index (χ4v) is 8.54. The van der Waals surface area contributed by atoms with Gasteiger partial charge in [0.1, 0.15) is 12.6 Å². The number of amides is 2. The van der Waals surface area contributed by atoms with Crippen LogP contribution in [0.15, 0.2) is 53.1 Å². The highest BCUT2D eigenvalue weighted by molar-refractivity contribution is 5.87. The lowest BCUT2D eigenvalue weighted by Crippen LogP contribution is -2.69. The molecule has 11 heteroatoms. The van der Waals surface area contributed by atoms with Crippen molar-refractivity contribution in [3.63, 3.8) is 0 Å². The Morgan fingerprint density at radius 1 is 0.938 bits per heavy atom. The number of benzene rings is 2. The summed E-state index contributed by atoms with van der Waals surface area (Å²) in [4.78, 5) is 36.1. The van der Waals surface area contributed by atoms with Gasteiger partial charge in [-0.05, 0) is 53.9 Å². The van der Waals surface area contributed by atoms with Gasteiger partial charge in [0.05, 0.1) is 24.2 Å². The number of ether oxygens (including phenoxy) is 2. The van der Waals surface area contributed by atoms with E-state index in [2.05, 4.69) is 43.3 Å². The van der Waals surface area contributed by atoms with E-state index in [1.807, 2.05) is 24.3 Å². The quantitative estimate of drug-likeness (QED) is 0.291. The Morgan fingerprint density at radius 3 is 2.19 bits per heavy atom. The highest BCUT2D eigenvalue weighted by Crippen LogP contribution is 2.47. The van der Waals surface area contributed by atoms with Crippen LogP contribution in [0.5, 0.6) is 0 Å². The second-order valence-electron chi connectivity index (χ2n) is 14.9. The Bertz CT molecular complexity index is 1660. The van der Waals surface area contributed by atoms with Gasteiger partial charge in [-0.2, -0.15) is 4.98 Å². The van der Waals surface area contributed by atoms with Gasteiger partial charge in [-0.25, -0.2) is 13.6 Å². The van der Waals surface area contributed by atoms with Gasteiger partial charge in [0.25, 0.3) is 0 Å². The zero-order chi connectivity index (χ0) is 33.3. The van der Waals surface area contributed by atoms with E-state index in [4.69, 9.17) is 19.0 Å². The minimum absolute atomic E-state index is 0.0827. The molecule has 4 fully saturated rings. The van der Waals surface area contributed by atoms with Crippen molar-refractivity contribution in [3.8, 4) is 11.1 Å². The number of fused-ring (bicyclic) bond motifs is 3. The number of carbonyl (C=O) groups excluding carboxylic acids is 2. The van der Waals surface area contributed by atoms with Crippen molar-refractivity contribution in [2.75, 3.05) is 32.8 Å². The number of likely N-dealkylation sites (tertiary alicyclic amines) is 2. The predicted molar refractivity (Wildman–Crippen MR) is 172 cm³/mol. The molecule has 254 valence electrons. The first-order chi connectivity index (χ1) is 23.1. The standard InChI is InChI=1S/C37H42F2N4O5/c1-23(2)36(33-40-31(41-48-33)24-11-15-37(38,39)16-12-24)21-42(22-36)32(44)30-13-14-35(17-18-47-35)20-43(30)34(45)46-19-29-27-9-5-3-7-25(27)26-8-4-6-10-28(26)29/h3-10,23-24,29-30H,11-22H2,1-2H3/t30-,35+/m0/s1. The third kappa shape index (κ3) is 5.20. The maximum Gasteiger partial charge on any atom is 0.410 e. The highest BCUT2D eigenvalue weighted by atomic mass is 19.3. The van der Waals surface area contributed by atoms with Crippen LogP contribution in [-0.2, 0) is 19.7 Å². The van der Waals surface area contributed by atoms with Gasteiger partial charge in [-0.15, -0.1) is 0 Å². The summed E-state index contributed by atoms with van der Waals surface area (Å²) >= 11 is 0. The molecule has 48 heavy (non-hydrogen) atoms. The normalized spacial score (nSPS) is 26.1. The number of aromatic nitrogens is 2. The second kappa shape index (κ2) is 11.6. The number of rotatable bonds is 6. The first-order valence-corrected chi connectivity index (χ1v) is 17.3. The summed E-state index contributed by atoms with van der Waals surface area (Å²) in [7, 11) is 0. The van der Waals surface area contributed by atoms with Crippen LogP contribution in [0.1, 0.15) is 93.5 Å². The molecule has 2 aliphatic carbocycles. The van der Waals surface area contributed by atoms with E-state index >= 15 is 0 Å². The molecule has 9 nitrogen and oxygen atoms in total. The minimum atomic E-state index is -2.63. The Kier molecular flexibility index (Phi) is 7.61. The molecule has 3 saturated heterocycles. The van der Waals surface area contributed by atoms with Crippen molar-refractivity contribution in [1.29, 1.82) is 0 Å². The maximum absolute atomic E-state index is 14.2. The van der Waals surface area contributed by atoms with E-state index in [0.717, 1.165) is 28.7 Å². The first-order valence-electron chi connectivity index (χ1n) is 17.3. The summed E-state index contributed by atoms with van der Waals surface area (Å²) in [5.74, 6) is -1.98. The van der Waals surface area contributed by atoms with Gasteiger partial charge in [0, 0.05) is 44.2 Å². The molecule has 1 saturated carbocycles. The largest absolute Gasteiger partial charge is 0.448 e. The number of carbonyl (C=O) groups is 2. The summed E-state index contributed by atoms with van der Waals surface area (Å²) in [5, 5.41) is 4.21. The molecule has 2 aromatic carbocycles. The summed E-state index contributed by atoms with van der Waals surface area (Å²) < 4.78 is 45.3. The number of hydrogen-bond acceptors (Lipinski definition) is 7. The van der Waals surface area contributed by atoms with Crippen molar-refractivity contribution in [1.82, 2.24) is 19.9 Å². The molecule has 2 atom stereocenters. The third-order valence-corrected chi connectivity index (χ3v) is 11.8. The lowest BCUT2D eigenvalue weighted by atomic mass is 9.70. The number of halogens is 2. The molecule has 3 aromatic rings. The van der Waals surface area contributed by atoms with Crippen LogP contribution in [-0.4, -0.2) is 82.4 Å². The number of nitrogens with zero attached hydrogens (tertiary/aromatic N) is 4. The molecule has 1 aromatic heterocycles. The van der Waals surface area contributed by atoms with Crippen LogP contribution in [0.4, 0.5) is 13.6 Å². The third-order valence-electron chi connectivity index (χ3n) is 11.8. The average Bonchev–Trinajstić information content (AvgIpc) is 3.65. The summed E-state index contributed by atoms with van der Waals surface area (Å²) in [6.07, 6.45) is 1.84. The Balaban J connectivity index is 0.969. The summed E-state index contributed by atoms with van der Waals surface area (Å²) in [6.45, 7) is 6.03. The molecule has 1 spiro atoms. The molecule has 0 unspecified atom stereocenters. The first kappa shape index (κ1) is 31.4. The smallest absolute Gasteiger partial charge is 0.410 e. The topological polar surface area (TPSA) is 98.0 Å². The highest BCUT2D eigenvalue weighted by Gasteiger charge is 2.56. The van der Waals surface area contributed by atoms with Gasteiger partial charge < -0.3 is 18.9 Å². The van der Waals surface area contributed by atoms with Crippen LogP contribution >= 0.6 is 0 Å². The minimum Gasteiger partial charge on any atom is -0.448 e. The number of alkyl halides is 2. The van der Waals surface area contributed by atoms with Crippen LogP contribution in [0.3, 0.4) is 0 Å². The van der Waals surface area contributed by atoms with Gasteiger partial charge in [-0.1, -0.05) is 67.5 Å². The van der Waals surface area contributed by atoms with Crippen molar-refractivity contribution in [2.45, 2.75) is 93.6 Å². The summed E-state index contributed by atoms with van der Waals surface area (Å²) in [6, 6.07) is 15.8. The number of hydrogen-bond donors (Lipinski definition) is 0. The number of piperidine rings is 1. The summed E-state index contributed by atoms with van der Waals surface area (Å²) in [5.41, 5.74) is 3.60. The SMILES string of the molecule is CC(C)C1(c2nc(C3CCC(F)(F)CC3)no2)CN(C(=O)[C@@H]2CC[C@@]3(CCO3)CN2C(=O)OCC2c3ccccc3-c3ccccc32)C1. The monoisotopic (exact) mass is 660 g/mol. The van der Waals surface area contributed by atoms with Gasteiger partial charge in [-0.3, -0.25) is 9.69 Å². The fraction of sp³-hybridized carbons (Fsp3) is 0.568. The molecular formula is C37H42F2N4O5. The van der Waals surface area contributed by atoms with Crippen molar-refractivity contribution in [3.05, 3.63) is 71.4 Å². The van der Waals surface area contributed by atoms with E-state index in [1.165, 1.54) is 0 Å². The molecule has 3 aliphatic heterocycles. The van der Waals surface area contributed by atoms with Gasteiger partial charge in [0.2, 0.25) is 17.7 Å². The molecule has 5 aliphatic rings. The molecule has 0 radical (unpaired) electrons. The molecule has 0 bridgehead atoms. The average molecular weight is 661 g/mol. The second-order valence-corrected chi connectivity index (χ2v) is 14.9. The molecule has 4 heterocycles. The molecular weight excluding hydrogens is 618 g/mol. The van der Waals surface area contributed by atoms with E-state index in [0.29, 0.717) is 63.6 Å². The molecule has 2 amide bonds. The zero-order valence-corrected chi connectivity index (χ0v) is 27.5. The molecule has 8 rings (SSSR count). The van der Waals surface area contributed by atoms with Crippen LogP contribution in [0.25, 0.3) is 11.1 Å². The van der Waals surface area contributed by atoms with Crippen LogP contribution < -0.4 is 0 Å². The maximum atomic E-state index is 14.2.